The van der Waals surface area contributed by atoms with Crippen LogP contribution in [0.2, 0.25) is 0 Å². The zero-order chi connectivity index (χ0) is 18.1. The van der Waals surface area contributed by atoms with E-state index in [0.29, 0.717) is 17.3 Å². The van der Waals surface area contributed by atoms with Crippen molar-refractivity contribution in [2.45, 2.75) is 18.3 Å². The van der Waals surface area contributed by atoms with Crippen LogP contribution in [0.15, 0.2) is 54.9 Å². The average molecular weight is 352 g/mol. The van der Waals surface area contributed by atoms with E-state index in [0.717, 1.165) is 18.4 Å². The summed E-state index contributed by atoms with van der Waals surface area (Å²) < 4.78 is 20.2. The second kappa shape index (κ2) is 6.25. The van der Waals surface area contributed by atoms with Crippen LogP contribution in [0.5, 0.6) is 5.75 Å². The number of benzene rings is 1. The number of anilines is 1. The van der Waals surface area contributed by atoms with E-state index in [2.05, 4.69) is 15.4 Å². The van der Waals surface area contributed by atoms with Crippen molar-refractivity contribution in [2.75, 3.05) is 12.4 Å². The standard InChI is InChI=1S/C19H17FN4O2/c1-26-15-5-3-2-4-14(15)19(8-9-19)18(25)22-17-7-11-24(23-17)13-6-10-21-16(20)12-13/h2-7,10-12H,8-9H2,1H3,(H,22,23,25). The summed E-state index contributed by atoms with van der Waals surface area (Å²) in [4.78, 5) is 16.4. The minimum absolute atomic E-state index is 0.117. The number of hydrogen-bond donors (Lipinski definition) is 1. The summed E-state index contributed by atoms with van der Waals surface area (Å²) in [6.07, 6.45) is 4.55. The molecule has 1 aliphatic carbocycles. The van der Waals surface area contributed by atoms with Gasteiger partial charge in [0.1, 0.15) is 5.75 Å². The van der Waals surface area contributed by atoms with Gasteiger partial charge in [0.15, 0.2) is 5.82 Å². The van der Waals surface area contributed by atoms with Crippen molar-refractivity contribution in [2.24, 2.45) is 0 Å². The predicted octanol–water partition coefficient (Wildman–Crippen LogP) is 3.09. The Morgan fingerprint density at radius 1 is 1.27 bits per heavy atom. The summed E-state index contributed by atoms with van der Waals surface area (Å²) in [6, 6.07) is 12.1. The number of rotatable bonds is 5. The van der Waals surface area contributed by atoms with E-state index in [1.54, 1.807) is 25.4 Å². The lowest BCUT2D eigenvalue weighted by Crippen LogP contribution is -2.28. The molecular weight excluding hydrogens is 335 g/mol. The summed E-state index contributed by atoms with van der Waals surface area (Å²) in [6.45, 7) is 0. The van der Waals surface area contributed by atoms with Crippen molar-refractivity contribution in [1.29, 1.82) is 0 Å². The molecule has 3 aromatic rings. The summed E-state index contributed by atoms with van der Waals surface area (Å²) >= 11 is 0. The molecule has 0 bridgehead atoms. The minimum atomic E-state index is -0.586. The van der Waals surface area contributed by atoms with Gasteiger partial charge in [0.2, 0.25) is 11.9 Å². The molecular formula is C19H17FN4O2. The fourth-order valence-electron chi connectivity index (χ4n) is 3.09. The molecule has 1 aliphatic rings. The van der Waals surface area contributed by atoms with Crippen molar-refractivity contribution in [3.05, 3.63) is 66.4 Å². The van der Waals surface area contributed by atoms with E-state index in [1.807, 2.05) is 24.3 Å². The Hall–Kier alpha value is -3.22. The second-order valence-corrected chi connectivity index (χ2v) is 6.22. The van der Waals surface area contributed by atoms with Crippen LogP contribution in [-0.2, 0) is 10.2 Å². The molecule has 7 heteroatoms. The Morgan fingerprint density at radius 2 is 2.08 bits per heavy atom. The Bertz CT molecular complexity index is 965. The highest BCUT2D eigenvalue weighted by atomic mass is 19.1. The number of nitrogens with one attached hydrogen (secondary N) is 1. The van der Waals surface area contributed by atoms with Crippen LogP contribution in [0, 0.1) is 5.95 Å². The lowest BCUT2D eigenvalue weighted by molar-refractivity contribution is -0.118. The number of carbonyl (C=O) groups excluding carboxylic acids is 1. The molecule has 26 heavy (non-hydrogen) atoms. The molecule has 1 aromatic carbocycles. The molecule has 1 fully saturated rings. The molecule has 0 spiro atoms. The van der Waals surface area contributed by atoms with Gasteiger partial charge in [-0.25, -0.2) is 9.67 Å². The van der Waals surface area contributed by atoms with Gasteiger partial charge in [-0.05, 0) is 25.0 Å². The fourth-order valence-corrected chi connectivity index (χ4v) is 3.09. The lowest BCUT2D eigenvalue weighted by Gasteiger charge is -2.17. The molecule has 132 valence electrons. The number of hydrogen-bond acceptors (Lipinski definition) is 4. The lowest BCUT2D eigenvalue weighted by atomic mass is 9.94. The Morgan fingerprint density at radius 3 is 2.81 bits per heavy atom. The van der Waals surface area contributed by atoms with E-state index in [9.17, 15) is 9.18 Å². The SMILES string of the molecule is COc1ccccc1C1(C(=O)Nc2ccn(-c3ccnc(F)c3)n2)CC1. The minimum Gasteiger partial charge on any atom is -0.496 e. The topological polar surface area (TPSA) is 69.0 Å². The monoisotopic (exact) mass is 352 g/mol. The Balaban J connectivity index is 1.56. The molecule has 1 amide bonds. The summed E-state index contributed by atoms with van der Waals surface area (Å²) in [5, 5.41) is 7.16. The number of amides is 1. The van der Waals surface area contributed by atoms with Crippen molar-refractivity contribution in [3.8, 4) is 11.4 Å². The van der Waals surface area contributed by atoms with Gasteiger partial charge in [0, 0.05) is 30.1 Å². The zero-order valence-electron chi connectivity index (χ0n) is 14.1. The molecule has 0 radical (unpaired) electrons. The number of nitrogens with zero attached hydrogens (tertiary/aromatic N) is 3. The first kappa shape index (κ1) is 16.3. The molecule has 0 atom stereocenters. The number of aromatic nitrogens is 3. The number of methoxy groups -OCH3 is 1. The first-order chi connectivity index (χ1) is 12.6. The zero-order valence-corrected chi connectivity index (χ0v) is 14.1. The molecule has 2 aromatic heterocycles. The van der Waals surface area contributed by atoms with Gasteiger partial charge in [-0.1, -0.05) is 18.2 Å². The van der Waals surface area contributed by atoms with Gasteiger partial charge in [-0.3, -0.25) is 4.79 Å². The summed E-state index contributed by atoms with van der Waals surface area (Å²) in [5.74, 6) is 0.413. The third kappa shape index (κ3) is 2.81. The number of ether oxygens (including phenoxy) is 1. The van der Waals surface area contributed by atoms with Gasteiger partial charge >= 0.3 is 0 Å². The van der Waals surface area contributed by atoms with E-state index in [-0.39, 0.29) is 5.91 Å². The smallest absolute Gasteiger partial charge is 0.236 e. The number of halogens is 1. The predicted molar refractivity (Wildman–Crippen MR) is 93.9 cm³/mol. The molecule has 6 nitrogen and oxygen atoms in total. The first-order valence-corrected chi connectivity index (χ1v) is 8.25. The third-order valence-corrected chi connectivity index (χ3v) is 4.61. The van der Waals surface area contributed by atoms with Crippen LogP contribution in [0.4, 0.5) is 10.2 Å². The first-order valence-electron chi connectivity index (χ1n) is 8.25. The maximum Gasteiger partial charge on any atom is 0.236 e. The maximum atomic E-state index is 13.3. The van der Waals surface area contributed by atoms with Crippen molar-refractivity contribution in [3.63, 3.8) is 0 Å². The van der Waals surface area contributed by atoms with Gasteiger partial charge in [-0.15, -0.1) is 0 Å². The number of carbonyl (C=O) groups is 1. The average Bonchev–Trinajstić information content (AvgIpc) is 3.35. The fraction of sp³-hybridized carbons (Fsp3) is 0.211. The van der Waals surface area contributed by atoms with Gasteiger partial charge in [0.25, 0.3) is 0 Å². The second-order valence-electron chi connectivity index (χ2n) is 6.22. The molecule has 1 saturated carbocycles. The highest BCUT2D eigenvalue weighted by Crippen LogP contribution is 2.51. The summed E-state index contributed by atoms with van der Waals surface area (Å²) in [5.41, 5.74) is 0.832. The van der Waals surface area contributed by atoms with E-state index in [1.165, 1.54) is 16.9 Å². The van der Waals surface area contributed by atoms with Crippen LogP contribution in [0.25, 0.3) is 5.69 Å². The van der Waals surface area contributed by atoms with Crippen LogP contribution in [0.1, 0.15) is 18.4 Å². The Kier molecular flexibility index (Phi) is 3.91. The van der Waals surface area contributed by atoms with Crippen LogP contribution in [0.3, 0.4) is 0 Å². The summed E-state index contributed by atoms with van der Waals surface area (Å²) in [7, 11) is 1.60. The molecule has 0 saturated heterocycles. The van der Waals surface area contributed by atoms with Crippen LogP contribution >= 0.6 is 0 Å². The van der Waals surface area contributed by atoms with Gasteiger partial charge in [0.05, 0.1) is 18.2 Å². The highest BCUT2D eigenvalue weighted by Gasteiger charge is 2.53. The largest absolute Gasteiger partial charge is 0.496 e. The molecule has 0 unspecified atom stereocenters. The van der Waals surface area contributed by atoms with Crippen LogP contribution < -0.4 is 10.1 Å². The normalized spacial score (nSPS) is 14.7. The van der Waals surface area contributed by atoms with Gasteiger partial charge < -0.3 is 10.1 Å². The van der Waals surface area contributed by atoms with Crippen molar-refractivity contribution >= 4 is 11.7 Å². The number of pyridine rings is 1. The van der Waals surface area contributed by atoms with E-state index in [4.69, 9.17) is 4.74 Å². The van der Waals surface area contributed by atoms with Gasteiger partial charge in [-0.2, -0.15) is 9.49 Å². The highest BCUT2D eigenvalue weighted by molar-refractivity contribution is 6.01. The quantitative estimate of drug-likeness (QED) is 0.717. The molecule has 0 aliphatic heterocycles. The molecule has 2 heterocycles. The van der Waals surface area contributed by atoms with Crippen molar-refractivity contribution in [1.82, 2.24) is 14.8 Å². The maximum absolute atomic E-state index is 13.3. The number of para-hydroxylation sites is 1. The Labute approximate surface area is 149 Å². The molecule has 1 N–H and O–H groups in total. The van der Waals surface area contributed by atoms with Crippen LogP contribution in [-0.4, -0.2) is 27.8 Å². The van der Waals surface area contributed by atoms with Crippen molar-refractivity contribution < 1.29 is 13.9 Å². The molecule has 4 rings (SSSR count). The third-order valence-electron chi connectivity index (χ3n) is 4.61. The van der Waals surface area contributed by atoms with E-state index < -0.39 is 11.4 Å². The van der Waals surface area contributed by atoms with E-state index >= 15 is 0 Å².